The number of nitro groups is 1. The maximum absolute atomic E-state index is 15.0. The molecule has 14 nitrogen and oxygen atoms in total. The molecule has 3 N–H and O–H groups in total. The average molecular weight is 625 g/mol. The number of benzene rings is 2. The van der Waals surface area contributed by atoms with Crippen molar-refractivity contribution in [2.45, 2.75) is 23.4 Å². The molecule has 0 bridgehead atoms. The lowest BCUT2D eigenvalue weighted by molar-refractivity contribution is -0.384. The number of rotatable bonds is 8. The first-order valence-electron chi connectivity index (χ1n) is 13.4. The second kappa shape index (κ2) is 11.2. The summed E-state index contributed by atoms with van der Waals surface area (Å²) in [6.45, 7) is -0.0603. The van der Waals surface area contributed by atoms with Gasteiger partial charge in [0, 0.05) is 50.2 Å². The summed E-state index contributed by atoms with van der Waals surface area (Å²) in [6, 6.07) is 12.5. The minimum absolute atomic E-state index is 0.00976. The number of alkyl halides is 1. The van der Waals surface area contributed by atoms with Crippen molar-refractivity contribution in [1.82, 2.24) is 14.7 Å². The number of carbonyl (C=O) groups excluding carboxylic acids is 2. The predicted molar refractivity (Wildman–Crippen MR) is 155 cm³/mol. The molecule has 1 fully saturated rings. The number of halogens is 1. The quantitative estimate of drug-likeness (QED) is 0.148. The summed E-state index contributed by atoms with van der Waals surface area (Å²) in [7, 11) is -4.62. The summed E-state index contributed by atoms with van der Waals surface area (Å²) >= 11 is 0. The van der Waals surface area contributed by atoms with Crippen molar-refractivity contribution in [3.05, 3.63) is 76.5 Å². The molecular weight excluding hydrogens is 599 g/mol. The van der Waals surface area contributed by atoms with Crippen LogP contribution in [0.4, 0.5) is 27.1 Å². The van der Waals surface area contributed by atoms with Gasteiger partial charge in [0.05, 0.1) is 21.1 Å². The minimum Gasteiger partial charge on any atom is -0.404 e. The molecule has 0 atom stereocenters. The van der Waals surface area contributed by atoms with Gasteiger partial charge in [0.1, 0.15) is 29.2 Å². The molecule has 2 aromatic heterocycles. The van der Waals surface area contributed by atoms with Gasteiger partial charge in [-0.15, -0.1) is 0 Å². The van der Waals surface area contributed by atoms with Crippen LogP contribution in [0.2, 0.25) is 0 Å². The molecule has 2 aliphatic rings. The molecule has 0 saturated carbocycles. The van der Waals surface area contributed by atoms with Crippen molar-refractivity contribution in [1.29, 1.82) is 0 Å². The van der Waals surface area contributed by atoms with Crippen molar-refractivity contribution >= 4 is 55.7 Å². The Bertz CT molecular complexity index is 1910. The molecule has 0 spiro atoms. The normalized spacial score (nSPS) is 16.2. The first-order chi connectivity index (χ1) is 21.0. The number of aromatic nitrogens is 2. The van der Waals surface area contributed by atoms with Crippen LogP contribution < -0.4 is 19.7 Å². The fourth-order valence-electron chi connectivity index (χ4n) is 5.08. The molecule has 1 amide bonds. The van der Waals surface area contributed by atoms with Crippen molar-refractivity contribution in [3.63, 3.8) is 0 Å². The van der Waals surface area contributed by atoms with E-state index in [0.29, 0.717) is 16.7 Å². The van der Waals surface area contributed by atoms with Crippen LogP contribution >= 0.6 is 0 Å². The number of esters is 1. The highest BCUT2D eigenvalue weighted by molar-refractivity contribution is 7.90. The maximum Gasteiger partial charge on any atom is 0.332 e. The van der Waals surface area contributed by atoms with E-state index in [1.165, 1.54) is 23.1 Å². The number of amides is 1. The Labute approximate surface area is 249 Å². The summed E-state index contributed by atoms with van der Waals surface area (Å²) in [5.74, 6) is -1.67. The Morgan fingerprint density at radius 3 is 2.68 bits per heavy atom. The van der Waals surface area contributed by atoms with Crippen molar-refractivity contribution < 1.29 is 36.8 Å². The number of hydrogen-bond donors (Lipinski definition) is 3. The molecule has 2 aliphatic heterocycles. The van der Waals surface area contributed by atoms with Gasteiger partial charge in [0.15, 0.2) is 0 Å². The van der Waals surface area contributed by atoms with E-state index >= 15 is 0 Å². The molecule has 16 heteroatoms. The lowest BCUT2D eigenvalue weighted by Crippen LogP contribution is -2.38. The smallest absolute Gasteiger partial charge is 0.332 e. The number of anilines is 3. The number of nitrogens with one attached hydrogen (secondary N) is 3. The topological polar surface area (TPSA) is 186 Å². The predicted octanol–water partition coefficient (Wildman–Crippen LogP) is 3.58. The van der Waals surface area contributed by atoms with Crippen molar-refractivity contribution in [3.8, 4) is 5.88 Å². The number of para-hydroxylation sites is 1. The van der Waals surface area contributed by atoms with Gasteiger partial charge in [-0.1, -0.05) is 12.1 Å². The van der Waals surface area contributed by atoms with Crippen LogP contribution in [0.5, 0.6) is 5.88 Å². The molecule has 0 aliphatic carbocycles. The number of sulfonamides is 1. The van der Waals surface area contributed by atoms with Gasteiger partial charge >= 0.3 is 5.97 Å². The number of hydrogen-bond acceptors (Lipinski definition) is 11. The number of carbonyl (C=O) groups is 2. The Morgan fingerprint density at radius 1 is 1.14 bits per heavy atom. The van der Waals surface area contributed by atoms with Crippen LogP contribution in [0.25, 0.3) is 11.0 Å². The van der Waals surface area contributed by atoms with Gasteiger partial charge in [-0.25, -0.2) is 22.3 Å². The van der Waals surface area contributed by atoms with Gasteiger partial charge < -0.3 is 24.7 Å². The summed E-state index contributed by atoms with van der Waals surface area (Å²) < 4.78 is 54.0. The Hall–Kier alpha value is -5.09. The zero-order valence-electron chi connectivity index (χ0n) is 22.9. The molecule has 44 heavy (non-hydrogen) atoms. The first-order valence-corrected chi connectivity index (χ1v) is 14.9. The summed E-state index contributed by atoms with van der Waals surface area (Å²) in [5, 5.41) is 15.2. The second-order valence-electron chi connectivity index (χ2n) is 10.3. The molecule has 2 aromatic carbocycles. The van der Waals surface area contributed by atoms with Gasteiger partial charge in [-0.05, 0) is 36.4 Å². The van der Waals surface area contributed by atoms with E-state index in [1.54, 1.807) is 24.4 Å². The van der Waals surface area contributed by atoms with Gasteiger partial charge in [0.25, 0.3) is 21.6 Å². The van der Waals surface area contributed by atoms with Crippen LogP contribution in [0, 0.1) is 10.1 Å². The standard InChI is InChI=1S/C28H25FN6O8S/c29-28(8-11-42-12-9-28)16-31-20-6-5-18(14-22(20)35(38)39)44(40,41)33-26(37)19-3-1-2-4-21(19)34-15-24(36)43-27-23(34)13-17-7-10-30-25(17)32-27/h1-7,10,13-14,31H,8-9,11-12,15-16H2,(H,30,32)(H,33,37). The SMILES string of the molecule is O=C1CN(c2ccccc2C(=O)NS(=O)(=O)c2ccc(NCC3(F)CCOCC3)c([N+](=O)[O-])c2)c2cc3cc[nH]c3nc2O1. The van der Waals surface area contributed by atoms with Gasteiger partial charge in [-0.3, -0.25) is 14.9 Å². The third kappa shape index (κ3) is 5.63. The third-order valence-corrected chi connectivity index (χ3v) is 8.73. The zero-order chi connectivity index (χ0) is 31.1. The van der Waals surface area contributed by atoms with Crippen molar-refractivity contribution in [2.75, 3.05) is 36.5 Å². The number of ether oxygens (including phenoxy) is 2. The Kier molecular flexibility index (Phi) is 7.38. The number of nitro benzene ring substituents is 1. The van der Waals surface area contributed by atoms with E-state index in [9.17, 15) is 32.5 Å². The van der Waals surface area contributed by atoms with Crippen LogP contribution in [0.3, 0.4) is 0 Å². The van der Waals surface area contributed by atoms with Gasteiger partial charge in [0.2, 0.25) is 5.88 Å². The average Bonchev–Trinajstić information content (AvgIpc) is 3.46. The van der Waals surface area contributed by atoms with Crippen molar-refractivity contribution in [2.24, 2.45) is 0 Å². The largest absolute Gasteiger partial charge is 0.404 e. The fraction of sp³-hybridized carbons (Fsp3) is 0.250. The lowest BCUT2D eigenvalue weighted by Gasteiger charge is -2.30. The van der Waals surface area contributed by atoms with E-state index in [2.05, 4.69) is 15.3 Å². The molecule has 0 radical (unpaired) electrons. The molecule has 0 unspecified atom stereocenters. The third-order valence-electron chi connectivity index (χ3n) is 7.40. The number of pyridine rings is 1. The molecule has 6 rings (SSSR count). The number of H-pyrrole nitrogens is 1. The van der Waals surface area contributed by atoms with E-state index in [4.69, 9.17) is 9.47 Å². The summed E-state index contributed by atoms with van der Waals surface area (Å²) in [4.78, 5) is 45.1. The lowest BCUT2D eigenvalue weighted by atomic mass is 9.96. The van der Waals surface area contributed by atoms with E-state index in [0.717, 1.165) is 18.2 Å². The van der Waals surface area contributed by atoms with Crippen LogP contribution in [0.15, 0.2) is 65.7 Å². The maximum atomic E-state index is 15.0. The summed E-state index contributed by atoms with van der Waals surface area (Å²) in [6.07, 6.45) is 1.90. The molecule has 4 aromatic rings. The van der Waals surface area contributed by atoms with E-state index in [-0.39, 0.29) is 62.0 Å². The van der Waals surface area contributed by atoms with Crippen LogP contribution in [-0.2, 0) is 19.6 Å². The molecule has 228 valence electrons. The number of fused-ring (bicyclic) bond motifs is 2. The number of nitrogens with zero attached hydrogens (tertiary/aromatic N) is 3. The van der Waals surface area contributed by atoms with Crippen LogP contribution in [0.1, 0.15) is 23.2 Å². The Balaban J connectivity index is 1.27. The highest BCUT2D eigenvalue weighted by Gasteiger charge is 2.34. The van der Waals surface area contributed by atoms with E-state index < -0.39 is 43.1 Å². The second-order valence-corrected chi connectivity index (χ2v) is 12.0. The summed E-state index contributed by atoms with van der Waals surface area (Å²) in [5.41, 5.74) is -1.34. The van der Waals surface area contributed by atoms with Crippen LogP contribution in [-0.4, -0.2) is 67.2 Å². The Morgan fingerprint density at radius 2 is 1.91 bits per heavy atom. The zero-order valence-corrected chi connectivity index (χ0v) is 23.7. The van der Waals surface area contributed by atoms with E-state index in [1.807, 2.05) is 4.72 Å². The molecular formula is C28H25FN6O8S. The number of aromatic amines is 1. The highest BCUT2D eigenvalue weighted by atomic mass is 32.2. The first kappa shape index (κ1) is 29.0. The monoisotopic (exact) mass is 624 g/mol. The van der Waals surface area contributed by atoms with Gasteiger partial charge in [-0.2, -0.15) is 4.98 Å². The fourth-order valence-corrected chi connectivity index (χ4v) is 6.06. The molecule has 4 heterocycles. The molecule has 1 saturated heterocycles. The highest BCUT2D eigenvalue weighted by Crippen LogP contribution is 2.39. The minimum atomic E-state index is -4.62.